The summed E-state index contributed by atoms with van der Waals surface area (Å²) in [7, 11) is 0. The van der Waals surface area contributed by atoms with Gasteiger partial charge in [-0.2, -0.15) is 0 Å². The molecule has 2 aliphatic heterocycles. The first-order valence-electron chi connectivity index (χ1n) is 12.1. The number of aromatic nitrogens is 1. The van der Waals surface area contributed by atoms with Crippen molar-refractivity contribution in [2.24, 2.45) is 5.41 Å². The van der Waals surface area contributed by atoms with Gasteiger partial charge in [-0.1, -0.05) is 29.8 Å². The second kappa shape index (κ2) is 14.0. The van der Waals surface area contributed by atoms with Gasteiger partial charge in [0.25, 0.3) is 0 Å². The van der Waals surface area contributed by atoms with Crippen molar-refractivity contribution >= 4 is 48.4 Å². The first-order valence-corrected chi connectivity index (χ1v) is 12.5. The van der Waals surface area contributed by atoms with Crippen LogP contribution in [-0.4, -0.2) is 59.6 Å². The molecule has 0 radical (unpaired) electrons. The number of rotatable bonds is 8. The Balaban J connectivity index is 0.00000228. The Labute approximate surface area is 230 Å². The van der Waals surface area contributed by atoms with E-state index in [-0.39, 0.29) is 42.2 Å². The molecule has 1 atom stereocenters. The van der Waals surface area contributed by atoms with Crippen LogP contribution in [0.25, 0.3) is 0 Å². The van der Waals surface area contributed by atoms with E-state index in [1.54, 1.807) is 13.1 Å². The molecule has 2 amide bonds. The second-order valence-electron chi connectivity index (χ2n) is 9.22. The Morgan fingerprint density at radius 3 is 2.58 bits per heavy atom. The highest BCUT2D eigenvalue weighted by atomic mass is 35.5. The number of pyridine rings is 1. The Kier molecular flexibility index (Phi) is 11.8. The van der Waals surface area contributed by atoms with Crippen LogP contribution in [0, 0.1) is 5.41 Å². The maximum absolute atomic E-state index is 13.3. The van der Waals surface area contributed by atoms with E-state index in [9.17, 15) is 9.59 Å². The summed E-state index contributed by atoms with van der Waals surface area (Å²) in [5.74, 6) is 0.289. The van der Waals surface area contributed by atoms with Crippen LogP contribution in [0.5, 0.6) is 0 Å². The molecule has 198 valence electrons. The lowest BCUT2D eigenvalue weighted by atomic mass is 9.77. The van der Waals surface area contributed by atoms with Crippen molar-refractivity contribution in [2.75, 3.05) is 32.8 Å². The van der Waals surface area contributed by atoms with Crippen molar-refractivity contribution in [2.45, 2.75) is 45.2 Å². The van der Waals surface area contributed by atoms with Crippen molar-refractivity contribution in [3.8, 4) is 0 Å². The minimum atomic E-state index is -0.421. The number of carbonyl (C=O) groups is 2. The van der Waals surface area contributed by atoms with Gasteiger partial charge in [0.2, 0.25) is 5.91 Å². The van der Waals surface area contributed by atoms with E-state index in [1.165, 1.54) is 0 Å². The predicted octanol–water partition coefficient (Wildman–Crippen LogP) is 5.27. The van der Waals surface area contributed by atoms with E-state index in [0.717, 1.165) is 63.0 Å². The van der Waals surface area contributed by atoms with Crippen LogP contribution < -0.4 is 5.32 Å². The smallest absolute Gasteiger partial charge is 0.407 e. The second-order valence-corrected chi connectivity index (χ2v) is 9.66. The molecule has 1 unspecified atom stereocenters. The summed E-state index contributed by atoms with van der Waals surface area (Å²) < 4.78 is 5.10. The minimum absolute atomic E-state index is 0. The van der Waals surface area contributed by atoms with Crippen LogP contribution in [0.3, 0.4) is 0 Å². The molecule has 0 aliphatic carbocycles. The van der Waals surface area contributed by atoms with Gasteiger partial charge in [-0.25, -0.2) is 4.79 Å². The highest BCUT2D eigenvalue weighted by Gasteiger charge is 2.47. The monoisotopic (exact) mass is 556 g/mol. The first kappa shape index (κ1) is 30.2. The number of piperidine rings is 1. The van der Waals surface area contributed by atoms with Crippen LogP contribution in [0.1, 0.15) is 49.8 Å². The molecule has 1 N–H and O–H groups in total. The third kappa shape index (κ3) is 7.48. The molecular formula is C26H35Cl3N4O3. The molecule has 1 aromatic heterocycles. The summed E-state index contributed by atoms with van der Waals surface area (Å²) in [6, 6.07) is 11.3. The number of amides is 2. The van der Waals surface area contributed by atoms with Gasteiger partial charge in [0, 0.05) is 37.1 Å². The van der Waals surface area contributed by atoms with Crippen molar-refractivity contribution in [3.63, 3.8) is 0 Å². The van der Waals surface area contributed by atoms with Crippen molar-refractivity contribution in [1.82, 2.24) is 20.1 Å². The molecule has 2 aliphatic rings. The zero-order valence-electron chi connectivity index (χ0n) is 20.5. The van der Waals surface area contributed by atoms with Crippen molar-refractivity contribution in [3.05, 3.63) is 64.9 Å². The summed E-state index contributed by atoms with van der Waals surface area (Å²) in [6.45, 7) is 6.16. The number of ether oxygens (including phenoxy) is 1. The van der Waals surface area contributed by atoms with Crippen LogP contribution >= 0.6 is 36.4 Å². The van der Waals surface area contributed by atoms with Gasteiger partial charge in [0.15, 0.2) is 0 Å². The molecule has 2 fully saturated rings. The fraction of sp³-hybridized carbons (Fsp3) is 0.500. The van der Waals surface area contributed by atoms with E-state index in [1.807, 2.05) is 47.5 Å². The minimum Gasteiger partial charge on any atom is -0.450 e. The number of nitrogens with one attached hydrogen (secondary N) is 1. The maximum Gasteiger partial charge on any atom is 0.407 e. The van der Waals surface area contributed by atoms with Crippen molar-refractivity contribution in [1.29, 1.82) is 0 Å². The molecule has 7 nitrogen and oxygen atoms in total. The van der Waals surface area contributed by atoms with Gasteiger partial charge in [0.05, 0.1) is 18.1 Å². The summed E-state index contributed by atoms with van der Waals surface area (Å²) in [6.07, 6.45) is 6.59. The van der Waals surface area contributed by atoms with Gasteiger partial charge in [-0.3, -0.25) is 9.78 Å². The van der Waals surface area contributed by atoms with Crippen LogP contribution in [0.4, 0.5) is 4.79 Å². The molecular weight excluding hydrogens is 523 g/mol. The third-order valence-corrected chi connectivity index (χ3v) is 7.30. The Hall–Kier alpha value is -2.06. The molecule has 0 bridgehead atoms. The van der Waals surface area contributed by atoms with Gasteiger partial charge < -0.3 is 19.9 Å². The average molecular weight is 558 g/mol. The predicted molar refractivity (Wildman–Crippen MR) is 146 cm³/mol. The van der Waals surface area contributed by atoms with Crippen LogP contribution in [0.2, 0.25) is 5.02 Å². The Morgan fingerprint density at radius 1 is 1.17 bits per heavy atom. The zero-order chi connectivity index (χ0) is 24.0. The lowest BCUT2D eigenvalue weighted by molar-refractivity contribution is -0.138. The van der Waals surface area contributed by atoms with E-state index < -0.39 is 6.09 Å². The van der Waals surface area contributed by atoms with E-state index in [4.69, 9.17) is 16.3 Å². The summed E-state index contributed by atoms with van der Waals surface area (Å²) in [5.41, 5.74) is 1.81. The number of benzene rings is 1. The first-order chi connectivity index (χ1) is 16.5. The molecule has 3 heterocycles. The fourth-order valence-electron chi connectivity index (χ4n) is 5.10. The lowest BCUT2D eigenvalue weighted by Gasteiger charge is -2.38. The van der Waals surface area contributed by atoms with E-state index in [0.29, 0.717) is 18.2 Å². The quantitative estimate of drug-likeness (QED) is 0.479. The molecule has 2 aromatic rings. The normalized spacial score (nSPS) is 17.7. The molecule has 0 saturated carbocycles. The zero-order valence-corrected chi connectivity index (χ0v) is 22.9. The lowest BCUT2D eigenvalue weighted by Crippen LogP contribution is -2.45. The van der Waals surface area contributed by atoms with Crippen molar-refractivity contribution < 1.29 is 14.3 Å². The van der Waals surface area contributed by atoms with Gasteiger partial charge in [-0.15, -0.1) is 24.8 Å². The summed E-state index contributed by atoms with van der Waals surface area (Å²) >= 11 is 6.19. The number of hydrogen-bond acceptors (Lipinski definition) is 5. The van der Waals surface area contributed by atoms with Crippen LogP contribution in [0.15, 0.2) is 48.8 Å². The standard InChI is InChI=1S/C26H33ClN4O3.2ClH/c1-2-34-25(33)29-23(21-6-3-7-22(27)17-21)8-13-30-14-9-26(10-15-30)11-16-31(24(26)32)19-20-5-4-12-28-18-20;;/h3-7,12,17-18,23H,2,8-11,13-16,19H2,1H3,(H,29,33);2*1H. The van der Waals surface area contributed by atoms with Crippen LogP contribution in [-0.2, 0) is 16.1 Å². The van der Waals surface area contributed by atoms with E-state index in [2.05, 4.69) is 15.2 Å². The highest BCUT2D eigenvalue weighted by molar-refractivity contribution is 6.30. The molecule has 1 spiro atoms. The fourth-order valence-corrected chi connectivity index (χ4v) is 5.30. The van der Waals surface area contributed by atoms with Gasteiger partial charge in [-0.05, 0) is 75.0 Å². The summed E-state index contributed by atoms with van der Waals surface area (Å²) in [4.78, 5) is 33.9. The number of alkyl carbamates (subject to hydrolysis) is 1. The molecule has 36 heavy (non-hydrogen) atoms. The largest absolute Gasteiger partial charge is 0.450 e. The summed E-state index contributed by atoms with van der Waals surface area (Å²) in [5, 5.41) is 3.62. The number of likely N-dealkylation sites (tertiary alicyclic amines) is 2. The SMILES string of the molecule is CCOC(=O)NC(CCN1CCC2(CC1)CCN(Cc1cccnc1)C2=O)c1cccc(Cl)c1.Cl.Cl. The molecule has 10 heteroatoms. The highest BCUT2D eigenvalue weighted by Crippen LogP contribution is 2.42. The maximum atomic E-state index is 13.3. The van der Waals surface area contributed by atoms with Gasteiger partial charge >= 0.3 is 6.09 Å². The molecule has 1 aromatic carbocycles. The molecule has 4 rings (SSSR count). The number of carbonyl (C=O) groups excluding carboxylic acids is 2. The Morgan fingerprint density at radius 2 is 1.92 bits per heavy atom. The topological polar surface area (TPSA) is 74.8 Å². The Bertz CT molecular complexity index is 987. The average Bonchev–Trinajstić information content (AvgIpc) is 3.13. The molecule has 2 saturated heterocycles. The number of nitrogens with zero attached hydrogens (tertiary/aromatic N) is 3. The third-order valence-electron chi connectivity index (χ3n) is 7.06. The number of halogens is 3. The number of hydrogen-bond donors (Lipinski definition) is 1. The van der Waals surface area contributed by atoms with E-state index >= 15 is 0 Å². The van der Waals surface area contributed by atoms with Gasteiger partial charge in [0.1, 0.15) is 0 Å².